The minimum atomic E-state index is -0.397. The number of halogens is 1. The number of amides is 1. The molecule has 7 heteroatoms. The zero-order valence-corrected chi connectivity index (χ0v) is 17.2. The Labute approximate surface area is 171 Å². The van der Waals surface area contributed by atoms with Crippen molar-refractivity contribution in [3.8, 4) is 5.75 Å². The summed E-state index contributed by atoms with van der Waals surface area (Å²) in [7, 11) is 3.39. The molecule has 2 N–H and O–H groups in total. The summed E-state index contributed by atoms with van der Waals surface area (Å²) in [5.41, 5.74) is 1.21. The average Bonchev–Trinajstić information content (AvgIpc) is 2.71. The van der Waals surface area contributed by atoms with Gasteiger partial charge in [0.2, 0.25) is 5.91 Å². The lowest BCUT2D eigenvalue weighted by Gasteiger charge is -2.18. The van der Waals surface area contributed by atoms with E-state index in [2.05, 4.69) is 27.8 Å². The maximum absolute atomic E-state index is 13.7. The Kier molecular flexibility index (Phi) is 8.95. The smallest absolute Gasteiger partial charge is 0.243 e. The molecule has 0 saturated heterocycles. The fourth-order valence-corrected chi connectivity index (χ4v) is 2.47. The first-order valence-corrected chi connectivity index (χ1v) is 9.63. The molecule has 0 aliphatic heterocycles. The summed E-state index contributed by atoms with van der Waals surface area (Å²) in [6.45, 7) is 2.94. The number of likely N-dealkylation sites (N-methyl/N-ethyl adjacent to an activating group) is 1. The van der Waals surface area contributed by atoms with Gasteiger partial charge in [0.25, 0.3) is 0 Å². The molecule has 2 aromatic rings. The second-order valence-corrected chi connectivity index (χ2v) is 6.86. The summed E-state index contributed by atoms with van der Waals surface area (Å²) in [6, 6.07) is 16.4. The molecule has 0 heterocycles. The van der Waals surface area contributed by atoms with Gasteiger partial charge in [0.05, 0.1) is 6.54 Å². The topological polar surface area (TPSA) is 66.0 Å². The molecule has 2 rings (SSSR count). The van der Waals surface area contributed by atoms with Crippen LogP contribution in [0.25, 0.3) is 0 Å². The van der Waals surface area contributed by atoms with Gasteiger partial charge < -0.3 is 20.3 Å². The van der Waals surface area contributed by atoms with Gasteiger partial charge in [-0.3, -0.25) is 4.79 Å². The lowest BCUT2D eigenvalue weighted by Crippen LogP contribution is -2.43. The van der Waals surface area contributed by atoms with Crippen molar-refractivity contribution in [1.29, 1.82) is 0 Å². The number of carbonyl (C=O) groups is 1. The highest BCUT2D eigenvalue weighted by atomic mass is 19.1. The summed E-state index contributed by atoms with van der Waals surface area (Å²) in [4.78, 5) is 17.7. The molecule has 0 spiro atoms. The van der Waals surface area contributed by atoms with E-state index >= 15 is 0 Å². The largest absolute Gasteiger partial charge is 0.486 e. The van der Waals surface area contributed by atoms with Crippen LogP contribution in [-0.2, 0) is 11.2 Å². The van der Waals surface area contributed by atoms with E-state index in [9.17, 15) is 9.18 Å². The van der Waals surface area contributed by atoms with E-state index in [1.807, 2.05) is 25.1 Å². The van der Waals surface area contributed by atoms with E-state index in [0.29, 0.717) is 19.0 Å². The van der Waals surface area contributed by atoms with Crippen LogP contribution in [0.4, 0.5) is 4.39 Å². The summed E-state index contributed by atoms with van der Waals surface area (Å²) >= 11 is 0. The molecule has 0 radical (unpaired) electrons. The van der Waals surface area contributed by atoms with Gasteiger partial charge in [-0.05, 0) is 31.0 Å². The molecule has 29 heavy (non-hydrogen) atoms. The highest BCUT2D eigenvalue weighted by Gasteiger charge is 2.10. The van der Waals surface area contributed by atoms with Gasteiger partial charge in [-0.15, -0.1) is 0 Å². The van der Waals surface area contributed by atoms with Gasteiger partial charge in [0.1, 0.15) is 12.6 Å². The van der Waals surface area contributed by atoms with Crippen molar-refractivity contribution in [3.63, 3.8) is 0 Å². The van der Waals surface area contributed by atoms with Crippen LogP contribution in [0.1, 0.15) is 12.5 Å². The maximum atomic E-state index is 13.7. The zero-order chi connectivity index (χ0) is 21.1. The van der Waals surface area contributed by atoms with Gasteiger partial charge in [-0.1, -0.05) is 42.5 Å². The summed E-state index contributed by atoms with van der Waals surface area (Å²) < 4.78 is 19.4. The first-order valence-electron chi connectivity index (χ1n) is 9.63. The number of hydrogen-bond acceptors (Lipinski definition) is 3. The first-order chi connectivity index (χ1) is 14.0. The van der Waals surface area contributed by atoms with Crippen molar-refractivity contribution in [2.75, 3.05) is 33.7 Å². The number of carbonyl (C=O) groups excluding carboxylic acids is 1. The molecule has 0 bridgehead atoms. The van der Waals surface area contributed by atoms with E-state index < -0.39 is 5.82 Å². The number of nitrogens with one attached hydrogen (secondary N) is 2. The van der Waals surface area contributed by atoms with Crippen molar-refractivity contribution in [2.24, 2.45) is 4.99 Å². The van der Waals surface area contributed by atoms with Crippen molar-refractivity contribution in [3.05, 3.63) is 66.0 Å². The number of rotatable bonds is 9. The van der Waals surface area contributed by atoms with Crippen LogP contribution < -0.4 is 15.4 Å². The number of nitrogens with zero attached hydrogens (tertiary/aromatic N) is 2. The Balaban J connectivity index is 1.90. The quantitative estimate of drug-likeness (QED) is 0.501. The minimum Gasteiger partial charge on any atom is -0.486 e. The van der Waals surface area contributed by atoms with Crippen LogP contribution in [0.5, 0.6) is 5.75 Å². The summed E-state index contributed by atoms with van der Waals surface area (Å²) in [5.74, 6) is 0.232. The van der Waals surface area contributed by atoms with Crippen LogP contribution in [0.3, 0.4) is 0 Å². The predicted octanol–water partition coefficient (Wildman–Crippen LogP) is 2.46. The van der Waals surface area contributed by atoms with Gasteiger partial charge in [0, 0.05) is 20.6 Å². The van der Waals surface area contributed by atoms with Crippen LogP contribution in [0, 0.1) is 5.82 Å². The third kappa shape index (κ3) is 8.21. The fraction of sp³-hybridized carbons (Fsp3) is 0.364. The fourth-order valence-electron chi connectivity index (χ4n) is 2.47. The van der Waals surface area contributed by atoms with E-state index in [-0.39, 0.29) is 24.3 Å². The van der Waals surface area contributed by atoms with Gasteiger partial charge in [-0.25, -0.2) is 9.38 Å². The molecule has 156 valence electrons. The second kappa shape index (κ2) is 11.7. The zero-order valence-electron chi connectivity index (χ0n) is 17.2. The maximum Gasteiger partial charge on any atom is 0.243 e. The number of aliphatic imine (C=N–C) groups is 1. The normalized spacial score (nSPS) is 12.2. The predicted molar refractivity (Wildman–Crippen MR) is 114 cm³/mol. The van der Waals surface area contributed by atoms with Crippen LogP contribution in [0.15, 0.2) is 59.6 Å². The van der Waals surface area contributed by atoms with E-state index in [1.165, 1.54) is 16.5 Å². The lowest BCUT2D eigenvalue weighted by atomic mass is 10.1. The molecule has 0 fully saturated rings. The Bertz CT molecular complexity index is 796. The highest BCUT2D eigenvalue weighted by Crippen LogP contribution is 2.16. The van der Waals surface area contributed by atoms with Crippen LogP contribution >= 0.6 is 0 Å². The third-order valence-corrected chi connectivity index (χ3v) is 4.14. The minimum absolute atomic E-state index is 0.0379. The third-order valence-electron chi connectivity index (χ3n) is 4.14. The molecule has 1 atom stereocenters. The Morgan fingerprint density at radius 2 is 1.79 bits per heavy atom. The van der Waals surface area contributed by atoms with Crippen molar-refractivity contribution in [1.82, 2.24) is 15.5 Å². The molecule has 0 aromatic heterocycles. The van der Waals surface area contributed by atoms with E-state index in [0.717, 1.165) is 6.42 Å². The first kappa shape index (κ1) is 22.2. The number of guanidine groups is 1. The highest BCUT2D eigenvalue weighted by molar-refractivity contribution is 5.84. The molecule has 2 aromatic carbocycles. The van der Waals surface area contributed by atoms with Crippen molar-refractivity contribution < 1.29 is 13.9 Å². The standard InChI is InChI=1S/C22H29FN4O2/c1-17(29-20-12-8-7-11-19(20)23)15-25-22(26-16-21(28)27(2)3)24-14-13-18-9-5-4-6-10-18/h4-12,17H,13-16H2,1-3H3,(H2,24,25,26). The molecule has 0 saturated carbocycles. The molecule has 6 nitrogen and oxygen atoms in total. The number of hydrogen-bond donors (Lipinski definition) is 2. The second-order valence-electron chi connectivity index (χ2n) is 6.86. The van der Waals surface area contributed by atoms with Crippen LogP contribution in [0.2, 0.25) is 0 Å². The van der Waals surface area contributed by atoms with Crippen molar-refractivity contribution >= 4 is 11.9 Å². The lowest BCUT2D eigenvalue weighted by molar-refractivity contribution is -0.127. The summed E-state index contributed by atoms with van der Waals surface area (Å²) in [5, 5.41) is 6.39. The SMILES string of the molecule is CC(CNC(=NCC(=O)N(C)C)NCCc1ccccc1)Oc1ccccc1F. The Hall–Kier alpha value is -3.09. The molecule has 0 aliphatic carbocycles. The molecule has 1 amide bonds. The van der Waals surface area contributed by atoms with Gasteiger partial charge in [0.15, 0.2) is 17.5 Å². The monoisotopic (exact) mass is 400 g/mol. The number of para-hydroxylation sites is 1. The van der Waals surface area contributed by atoms with Crippen LogP contribution in [-0.4, -0.2) is 56.6 Å². The molecular weight excluding hydrogens is 371 g/mol. The van der Waals surface area contributed by atoms with Gasteiger partial charge >= 0.3 is 0 Å². The van der Waals surface area contributed by atoms with E-state index in [1.54, 1.807) is 32.3 Å². The molecule has 1 unspecified atom stereocenters. The van der Waals surface area contributed by atoms with E-state index in [4.69, 9.17) is 4.74 Å². The molecule has 0 aliphatic rings. The Morgan fingerprint density at radius 1 is 1.10 bits per heavy atom. The Morgan fingerprint density at radius 3 is 2.48 bits per heavy atom. The summed E-state index contributed by atoms with van der Waals surface area (Å²) in [6.07, 6.45) is 0.530. The average molecular weight is 400 g/mol. The number of benzene rings is 2. The van der Waals surface area contributed by atoms with Crippen molar-refractivity contribution in [2.45, 2.75) is 19.4 Å². The van der Waals surface area contributed by atoms with Gasteiger partial charge in [-0.2, -0.15) is 0 Å². The molecular formula is C22H29FN4O2. The number of ether oxygens (including phenoxy) is 1.